The second-order valence-electron chi connectivity index (χ2n) is 4.78. The highest BCUT2D eigenvalue weighted by atomic mass is 16.6. The van der Waals surface area contributed by atoms with Crippen molar-refractivity contribution in [1.82, 2.24) is 9.88 Å². The summed E-state index contributed by atoms with van der Waals surface area (Å²) in [6, 6.07) is 9.43. The summed E-state index contributed by atoms with van der Waals surface area (Å²) in [5.74, 6) is 0.515. The summed E-state index contributed by atoms with van der Waals surface area (Å²) in [5, 5.41) is 10.5. The third kappa shape index (κ3) is 2.71. The number of H-pyrrole nitrogens is 1. The molecule has 1 saturated heterocycles. The standard InChI is InChI=1S/C14H13N3O4/c18-14(13-2-1-7-15-13)16-8-12(9-16)21-11-5-3-10(4-6-11)17(19)20/h1-7,12,15H,8-9H2. The molecule has 1 aliphatic rings. The molecule has 0 bridgehead atoms. The van der Waals surface area contributed by atoms with Gasteiger partial charge in [-0.3, -0.25) is 14.9 Å². The molecule has 2 heterocycles. The Morgan fingerprint density at radius 1 is 1.29 bits per heavy atom. The van der Waals surface area contributed by atoms with Crippen molar-refractivity contribution in [2.24, 2.45) is 0 Å². The van der Waals surface area contributed by atoms with E-state index in [2.05, 4.69) is 4.98 Å². The van der Waals surface area contributed by atoms with E-state index in [1.807, 2.05) is 0 Å². The van der Waals surface area contributed by atoms with Crippen molar-refractivity contribution < 1.29 is 14.5 Å². The fraction of sp³-hybridized carbons (Fsp3) is 0.214. The SMILES string of the molecule is O=C(c1ccc[nH]1)N1CC(Oc2ccc([N+](=O)[O-])cc2)C1. The van der Waals surface area contributed by atoms with E-state index in [-0.39, 0.29) is 17.7 Å². The third-order valence-corrected chi connectivity index (χ3v) is 3.31. The first-order chi connectivity index (χ1) is 10.1. The van der Waals surface area contributed by atoms with Gasteiger partial charge in [0.2, 0.25) is 0 Å². The van der Waals surface area contributed by atoms with Gasteiger partial charge in [0.15, 0.2) is 0 Å². The van der Waals surface area contributed by atoms with Gasteiger partial charge in [-0.2, -0.15) is 0 Å². The number of ether oxygens (including phenoxy) is 1. The van der Waals surface area contributed by atoms with Crippen molar-refractivity contribution in [2.75, 3.05) is 13.1 Å². The average molecular weight is 287 g/mol. The number of hydrogen-bond donors (Lipinski definition) is 1. The number of nitrogens with one attached hydrogen (secondary N) is 1. The van der Waals surface area contributed by atoms with Crippen LogP contribution in [0.25, 0.3) is 0 Å². The van der Waals surface area contributed by atoms with Crippen LogP contribution in [0.15, 0.2) is 42.6 Å². The molecule has 0 aliphatic carbocycles. The highest BCUT2D eigenvalue weighted by Gasteiger charge is 2.33. The monoisotopic (exact) mass is 287 g/mol. The summed E-state index contributed by atoms with van der Waals surface area (Å²) in [6.07, 6.45) is 1.63. The molecule has 1 fully saturated rings. The number of hydrogen-bond acceptors (Lipinski definition) is 4. The number of aromatic nitrogens is 1. The number of non-ortho nitro benzene ring substituents is 1. The van der Waals surface area contributed by atoms with E-state index < -0.39 is 4.92 Å². The molecule has 0 unspecified atom stereocenters. The molecule has 0 saturated carbocycles. The van der Waals surface area contributed by atoms with E-state index in [1.165, 1.54) is 12.1 Å². The van der Waals surface area contributed by atoms with E-state index in [1.54, 1.807) is 35.4 Å². The van der Waals surface area contributed by atoms with Crippen LogP contribution in [0.5, 0.6) is 5.75 Å². The molecule has 7 heteroatoms. The summed E-state index contributed by atoms with van der Waals surface area (Å²) < 4.78 is 5.66. The molecule has 1 amide bonds. The van der Waals surface area contributed by atoms with Crippen molar-refractivity contribution in [3.8, 4) is 5.75 Å². The maximum absolute atomic E-state index is 12.0. The topological polar surface area (TPSA) is 88.5 Å². The molecule has 108 valence electrons. The van der Waals surface area contributed by atoms with Crippen LogP contribution in [-0.2, 0) is 0 Å². The molecule has 3 rings (SSSR count). The molecule has 1 aromatic heterocycles. The summed E-state index contributed by atoms with van der Waals surface area (Å²) in [5.41, 5.74) is 0.586. The first-order valence-electron chi connectivity index (χ1n) is 6.47. The van der Waals surface area contributed by atoms with Crippen molar-refractivity contribution in [3.63, 3.8) is 0 Å². The Bertz CT molecular complexity index is 645. The van der Waals surface area contributed by atoms with Gasteiger partial charge in [-0.15, -0.1) is 0 Å². The normalized spacial score (nSPS) is 14.6. The van der Waals surface area contributed by atoms with Crippen LogP contribution in [0, 0.1) is 10.1 Å². The zero-order valence-electron chi connectivity index (χ0n) is 11.1. The van der Waals surface area contributed by atoms with Gasteiger partial charge in [-0.25, -0.2) is 0 Å². The van der Waals surface area contributed by atoms with Gasteiger partial charge >= 0.3 is 0 Å². The van der Waals surface area contributed by atoms with E-state index in [4.69, 9.17) is 4.74 Å². The van der Waals surface area contributed by atoms with Gasteiger partial charge < -0.3 is 14.6 Å². The fourth-order valence-electron chi connectivity index (χ4n) is 2.15. The quantitative estimate of drug-likeness (QED) is 0.686. The van der Waals surface area contributed by atoms with E-state index in [0.29, 0.717) is 24.5 Å². The Labute approximate surface area is 120 Å². The predicted octanol–water partition coefficient (Wildman–Crippen LogP) is 1.83. The van der Waals surface area contributed by atoms with Crippen molar-refractivity contribution in [1.29, 1.82) is 0 Å². The minimum absolute atomic E-state index is 0.0273. The number of carbonyl (C=O) groups is 1. The van der Waals surface area contributed by atoms with Gasteiger partial charge in [0.1, 0.15) is 17.5 Å². The molecule has 0 radical (unpaired) electrons. The maximum atomic E-state index is 12.0. The highest BCUT2D eigenvalue weighted by Crippen LogP contribution is 2.22. The molecule has 0 atom stereocenters. The zero-order chi connectivity index (χ0) is 14.8. The van der Waals surface area contributed by atoms with Crippen molar-refractivity contribution in [3.05, 3.63) is 58.4 Å². The predicted molar refractivity (Wildman–Crippen MR) is 74.2 cm³/mol. The average Bonchev–Trinajstić information content (AvgIpc) is 2.96. The molecule has 1 aliphatic heterocycles. The van der Waals surface area contributed by atoms with Gasteiger partial charge in [-0.05, 0) is 24.3 Å². The third-order valence-electron chi connectivity index (χ3n) is 3.31. The Hall–Kier alpha value is -2.83. The van der Waals surface area contributed by atoms with E-state index in [9.17, 15) is 14.9 Å². The summed E-state index contributed by atoms with van der Waals surface area (Å²) in [6.45, 7) is 1.02. The Morgan fingerprint density at radius 2 is 2.00 bits per heavy atom. The summed E-state index contributed by atoms with van der Waals surface area (Å²) in [7, 11) is 0. The van der Waals surface area contributed by atoms with Crippen LogP contribution in [0.2, 0.25) is 0 Å². The molecule has 1 N–H and O–H groups in total. The Balaban J connectivity index is 1.53. The first-order valence-corrected chi connectivity index (χ1v) is 6.47. The van der Waals surface area contributed by atoms with E-state index in [0.717, 1.165) is 0 Å². The molecule has 7 nitrogen and oxygen atoms in total. The number of aromatic amines is 1. The van der Waals surface area contributed by atoms with Crippen molar-refractivity contribution >= 4 is 11.6 Å². The van der Waals surface area contributed by atoms with E-state index >= 15 is 0 Å². The van der Waals surface area contributed by atoms with Gasteiger partial charge in [-0.1, -0.05) is 0 Å². The number of nitrogens with zero attached hydrogens (tertiary/aromatic N) is 2. The molecule has 0 spiro atoms. The minimum Gasteiger partial charge on any atom is -0.487 e. The molecular formula is C14H13N3O4. The van der Waals surface area contributed by atoms with Crippen LogP contribution in [0.4, 0.5) is 5.69 Å². The zero-order valence-corrected chi connectivity index (χ0v) is 11.1. The maximum Gasteiger partial charge on any atom is 0.270 e. The van der Waals surface area contributed by atoms with Crippen LogP contribution in [0.1, 0.15) is 10.5 Å². The molecule has 1 aromatic carbocycles. The van der Waals surface area contributed by atoms with Gasteiger partial charge in [0, 0.05) is 18.3 Å². The first kappa shape index (κ1) is 13.2. The minimum atomic E-state index is -0.454. The Kier molecular flexibility index (Phi) is 3.31. The number of nitro benzene ring substituents is 1. The molecule has 21 heavy (non-hydrogen) atoms. The summed E-state index contributed by atoms with van der Waals surface area (Å²) >= 11 is 0. The van der Waals surface area contributed by atoms with Gasteiger partial charge in [0.25, 0.3) is 11.6 Å². The number of likely N-dealkylation sites (tertiary alicyclic amines) is 1. The number of rotatable bonds is 4. The Morgan fingerprint density at radius 3 is 2.57 bits per heavy atom. The second kappa shape index (κ2) is 5.28. The fourth-order valence-corrected chi connectivity index (χ4v) is 2.15. The molecule has 2 aromatic rings. The summed E-state index contributed by atoms with van der Waals surface area (Å²) in [4.78, 5) is 26.6. The number of nitro groups is 1. The van der Waals surface area contributed by atoms with Crippen LogP contribution < -0.4 is 4.74 Å². The smallest absolute Gasteiger partial charge is 0.270 e. The number of amides is 1. The van der Waals surface area contributed by atoms with Crippen molar-refractivity contribution in [2.45, 2.75) is 6.10 Å². The lowest BCUT2D eigenvalue weighted by Crippen LogP contribution is -2.56. The lowest BCUT2D eigenvalue weighted by atomic mass is 10.1. The molecular weight excluding hydrogens is 274 g/mol. The van der Waals surface area contributed by atoms with Crippen LogP contribution >= 0.6 is 0 Å². The largest absolute Gasteiger partial charge is 0.487 e. The van der Waals surface area contributed by atoms with Crippen LogP contribution in [0.3, 0.4) is 0 Å². The van der Waals surface area contributed by atoms with Gasteiger partial charge in [0.05, 0.1) is 18.0 Å². The van der Waals surface area contributed by atoms with Crippen LogP contribution in [-0.4, -0.2) is 39.9 Å². The second-order valence-corrected chi connectivity index (χ2v) is 4.78. The number of benzene rings is 1. The highest BCUT2D eigenvalue weighted by molar-refractivity contribution is 5.93. The number of carbonyl (C=O) groups excluding carboxylic acids is 1. The lowest BCUT2D eigenvalue weighted by Gasteiger charge is -2.38. The lowest BCUT2D eigenvalue weighted by molar-refractivity contribution is -0.384.